The van der Waals surface area contributed by atoms with E-state index in [0.29, 0.717) is 24.5 Å². The second-order valence-corrected chi connectivity index (χ2v) is 7.43. The molecule has 1 fully saturated rings. The minimum Gasteiger partial charge on any atom is -0.480 e. The smallest absolute Gasteiger partial charge is 0.323 e. The molecule has 0 aromatic carbocycles. The van der Waals surface area contributed by atoms with Crippen molar-refractivity contribution >= 4 is 21.6 Å². The van der Waals surface area contributed by atoms with Gasteiger partial charge in [0.2, 0.25) is 0 Å². The molecule has 1 atom stereocenters. The second-order valence-electron chi connectivity index (χ2n) is 5.20. The molecule has 7 nitrogen and oxygen atoms in total. The molecular weight excluding hydrogens is 294 g/mol. The van der Waals surface area contributed by atoms with E-state index in [0.717, 1.165) is 5.69 Å². The van der Waals surface area contributed by atoms with Crippen LogP contribution in [0.2, 0.25) is 0 Å². The van der Waals surface area contributed by atoms with Crippen LogP contribution in [0.25, 0.3) is 0 Å². The van der Waals surface area contributed by atoms with Gasteiger partial charge in [-0.3, -0.25) is 4.79 Å². The first kappa shape index (κ1) is 15.7. The number of hydrogen-bond donors (Lipinski definition) is 1. The van der Waals surface area contributed by atoms with Crippen molar-refractivity contribution in [2.75, 3.05) is 23.0 Å². The van der Waals surface area contributed by atoms with E-state index in [9.17, 15) is 13.2 Å². The van der Waals surface area contributed by atoms with Gasteiger partial charge in [0.05, 0.1) is 11.5 Å². The van der Waals surface area contributed by atoms with Gasteiger partial charge in [-0.15, -0.1) is 0 Å². The maximum absolute atomic E-state index is 11.6. The first-order valence-corrected chi connectivity index (χ1v) is 8.66. The van der Waals surface area contributed by atoms with Crippen LogP contribution in [0.15, 0.2) is 6.07 Å². The van der Waals surface area contributed by atoms with E-state index in [4.69, 9.17) is 5.11 Å². The van der Waals surface area contributed by atoms with Gasteiger partial charge in [0, 0.05) is 17.8 Å². The standard InChI is InChI=1S/C13H19N3O4S/c1-3-10-6-12(15-9(2)14-10)16(7-13(17)18)11-4-5-21(19,20)8-11/h6,11H,3-5,7-8H2,1-2H3,(H,17,18). The van der Waals surface area contributed by atoms with Crippen LogP contribution >= 0.6 is 0 Å². The van der Waals surface area contributed by atoms with E-state index in [2.05, 4.69) is 9.97 Å². The third-order valence-corrected chi connectivity index (χ3v) is 5.24. The lowest BCUT2D eigenvalue weighted by Gasteiger charge is -2.28. The number of anilines is 1. The van der Waals surface area contributed by atoms with E-state index in [1.807, 2.05) is 6.92 Å². The zero-order valence-electron chi connectivity index (χ0n) is 12.1. The third kappa shape index (κ3) is 3.90. The Morgan fingerprint density at radius 2 is 2.19 bits per heavy atom. The molecule has 1 aromatic heterocycles. The molecule has 1 unspecified atom stereocenters. The number of carboxylic acid groups (broad SMARTS) is 1. The summed E-state index contributed by atoms with van der Waals surface area (Å²) in [6, 6.07) is 1.39. The molecule has 2 rings (SSSR count). The predicted octanol–water partition coefficient (Wildman–Crippen LogP) is 0.426. The van der Waals surface area contributed by atoms with Crippen molar-refractivity contribution in [1.29, 1.82) is 0 Å². The highest BCUT2D eigenvalue weighted by Crippen LogP contribution is 2.23. The summed E-state index contributed by atoms with van der Waals surface area (Å²) in [5.74, 6) is 0.113. The number of aryl methyl sites for hydroxylation is 2. The van der Waals surface area contributed by atoms with Crippen molar-refractivity contribution in [2.24, 2.45) is 0 Å². The van der Waals surface area contributed by atoms with Gasteiger partial charge in [-0.05, 0) is 19.8 Å². The fourth-order valence-electron chi connectivity index (χ4n) is 2.50. The molecule has 1 aromatic rings. The van der Waals surface area contributed by atoms with E-state index in [-0.39, 0.29) is 24.1 Å². The zero-order chi connectivity index (χ0) is 15.6. The number of nitrogens with zero attached hydrogens (tertiary/aromatic N) is 3. The molecule has 1 N–H and O–H groups in total. The van der Waals surface area contributed by atoms with Crippen LogP contribution in [0.3, 0.4) is 0 Å². The van der Waals surface area contributed by atoms with Crippen molar-refractivity contribution < 1.29 is 18.3 Å². The number of carbonyl (C=O) groups is 1. The van der Waals surface area contributed by atoms with Gasteiger partial charge in [0.25, 0.3) is 0 Å². The Hall–Kier alpha value is -1.70. The molecule has 8 heteroatoms. The lowest BCUT2D eigenvalue weighted by Crippen LogP contribution is -2.40. The van der Waals surface area contributed by atoms with Crippen molar-refractivity contribution in [1.82, 2.24) is 9.97 Å². The van der Waals surface area contributed by atoms with E-state index < -0.39 is 15.8 Å². The molecule has 0 spiro atoms. The number of aliphatic carboxylic acids is 1. The summed E-state index contributed by atoms with van der Waals surface area (Å²) in [7, 11) is -3.09. The summed E-state index contributed by atoms with van der Waals surface area (Å²) in [6.07, 6.45) is 1.14. The van der Waals surface area contributed by atoms with Crippen molar-refractivity contribution in [3.8, 4) is 0 Å². The van der Waals surface area contributed by atoms with Crippen LogP contribution < -0.4 is 4.90 Å². The van der Waals surface area contributed by atoms with Crippen molar-refractivity contribution in [3.63, 3.8) is 0 Å². The Labute approximate surface area is 123 Å². The summed E-state index contributed by atoms with van der Waals surface area (Å²) in [4.78, 5) is 21.2. The molecule has 21 heavy (non-hydrogen) atoms. The molecule has 2 heterocycles. The van der Waals surface area contributed by atoms with Crippen LogP contribution in [-0.2, 0) is 21.1 Å². The van der Waals surface area contributed by atoms with Crippen LogP contribution in [-0.4, -0.2) is 53.6 Å². The fourth-order valence-corrected chi connectivity index (χ4v) is 4.24. The Bertz CT molecular complexity index is 645. The normalized spacial score (nSPS) is 20.4. The topological polar surface area (TPSA) is 100 Å². The van der Waals surface area contributed by atoms with Gasteiger partial charge in [-0.2, -0.15) is 0 Å². The molecule has 1 aliphatic heterocycles. The van der Waals surface area contributed by atoms with Crippen molar-refractivity contribution in [3.05, 3.63) is 17.6 Å². The highest BCUT2D eigenvalue weighted by atomic mass is 32.2. The minimum absolute atomic E-state index is 0.0230. The van der Waals surface area contributed by atoms with Gasteiger partial charge in [-0.25, -0.2) is 18.4 Å². The van der Waals surface area contributed by atoms with E-state index >= 15 is 0 Å². The monoisotopic (exact) mass is 313 g/mol. The fraction of sp³-hybridized carbons (Fsp3) is 0.615. The van der Waals surface area contributed by atoms with Crippen LogP contribution in [0.1, 0.15) is 24.9 Å². The van der Waals surface area contributed by atoms with Crippen molar-refractivity contribution in [2.45, 2.75) is 32.7 Å². The molecule has 0 amide bonds. The lowest BCUT2D eigenvalue weighted by atomic mass is 10.2. The van der Waals surface area contributed by atoms with Crippen LogP contribution in [0.5, 0.6) is 0 Å². The molecule has 0 saturated carbocycles. The van der Waals surface area contributed by atoms with Gasteiger partial charge in [-0.1, -0.05) is 6.92 Å². The summed E-state index contributed by atoms with van der Waals surface area (Å²) in [6.45, 7) is 3.43. The summed E-state index contributed by atoms with van der Waals surface area (Å²) < 4.78 is 23.3. The zero-order valence-corrected chi connectivity index (χ0v) is 12.9. The Morgan fingerprint density at radius 3 is 2.71 bits per heavy atom. The molecule has 116 valence electrons. The molecular formula is C13H19N3O4S. The number of sulfone groups is 1. The highest BCUT2D eigenvalue weighted by molar-refractivity contribution is 7.91. The number of aromatic nitrogens is 2. The SMILES string of the molecule is CCc1cc(N(CC(=O)O)C2CCS(=O)(=O)C2)nc(C)n1. The minimum atomic E-state index is -3.09. The molecule has 0 radical (unpaired) electrons. The largest absolute Gasteiger partial charge is 0.480 e. The Morgan fingerprint density at radius 1 is 1.48 bits per heavy atom. The summed E-state index contributed by atoms with van der Waals surface area (Å²) >= 11 is 0. The van der Waals surface area contributed by atoms with Gasteiger partial charge in [0.1, 0.15) is 18.2 Å². The average Bonchev–Trinajstić information content (AvgIpc) is 2.75. The lowest BCUT2D eigenvalue weighted by molar-refractivity contribution is -0.135. The number of hydrogen-bond acceptors (Lipinski definition) is 6. The van der Waals surface area contributed by atoms with Crippen LogP contribution in [0.4, 0.5) is 5.82 Å². The molecule has 1 aliphatic rings. The Kier molecular flexibility index (Phi) is 4.46. The van der Waals surface area contributed by atoms with E-state index in [1.54, 1.807) is 17.9 Å². The van der Waals surface area contributed by atoms with Crippen LogP contribution in [0, 0.1) is 6.92 Å². The first-order chi connectivity index (χ1) is 9.80. The van der Waals surface area contributed by atoms with Gasteiger partial charge in [0.15, 0.2) is 9.84 Å². The maximum Gasteiger partial charge on any atom is 0.323 e. The quantitative estimate of drug-likeness (QED) is 0.841. The van der Waals surface area contributed by atoms with Gasteiger partial charge >= 0.3 is 5.97 Å². The summed E-state index contributed by atoms with van der Waals surface area (Å²) in [5.41, 5.74) is 0.814. The number of carboxylic acids is 1. The first-order valence-electron chi connectivity index (χ1n) is 6.84. The van der Waals surface area contributed by atoms with Gasteiger partial charge < -0.3 is 10.0 Å². The highest BCUT2D eigenvalue weighted by Gasteiger charge is 2.34. The summed E-state index contributed by atoms with van der Waals surface area (Å²) in [5, 5.41) is 9.10. The second kappa shape index (κ2) is 5.97. The number of rotatable bonds is 5. The molecule has 0 aliphatic carbocycles. The molecule has 1 saturated heterocycles. The maximum atomic E-state index is 11.6. The third-order valence-electron chi connectivity index (χ3n) is 3.49. The van der Waals surface area contributed by atoms with E-state index in [1.165, 1.54) is 0 Å². The predicted molar refractivity (Wildman–Crippen MR) is 78.2 cm³/mol. The Balaban J connectivity index is 2.36. The molecule has 0 bridgehead atoms. The average molecular weight is 313 g/mol.